The molecule has 0 bridgehead atoms. The van der Waals surface area contributed by atoms with Gasteiger partial charge in [-0.2, -0.15) is 0 Å². The van der Waals surface area contributed by atoms with E-state index in [1.54, 1.807) is 0 Å². The summed E-state index contributed by atoms with van der Waals surface area (Å²) in [6, 6.07) is 105. The predicted molar refractivity (Wildman–Crippen MR) is 313 cm³/mol. The summed E-state index contributed by atoms with van der Waals surface area (Å²) in [4.78, 5) is 2.40. The summed E-state index contributed by atoms with van der Waals surface area (Å²) in [5.41, 5.74) is 15.4. The van der Waals surface area contributed by atoms with Crippen molar-refractivity contribution in [2.75, 3.05) is 4.90 Å². The Morgan fingerprint density at radius 1 is 0.137 bits per heavy atom. The van der Waals surface area contributed by atoms with Crippen LogP contribution in [0.15, 0.2) is 285 Å². The molecule has 1 heteroatoms. The van der Waals surface area contributed by atoms with Crippen LogP contribution in [0, 0.1) is 0 Å². The lowest BCUT2D eigenvalue weighted by Crippen LogP contribution is -2.10. The number of fused-ring (bicyclic) bond motifs is 12. The van der Waals surface area contributed by atoms with E-state index < -0.39 is 0 Å². The fraction of sp³-hybridized carbons (Fsp3) is 0. The largest absolute Gasteiger partial charge is 0.310 e. The Bertz CT molecular complexity index is 4230. The minimum Gasteiger partial charge on any atom is -0.310 e. The molecule has 0 aliphatic carbocycles. The van der Waals surface area contributed by atoms with Crippen LogP contribution in [0.4, 0.5) is 17.1 Å². The van der Waals surface area contributed by atoms with E-state index in [-0.39, 0.29) is 0 Å². The third-order valence-corrected chi connectivity index (χ3v) is 15.0. The fourth-order valence-electron chi connectivity index (χ4n) is 11.4. The maximum Gasteiger partial charge on any atom is 0.0468 e. The van der Waals surface area contributed by atoms with Gasteiger partial charge in [0.05, 0.1) is 0 Å². The number of hydrogen-bond acceptors (Lipinski definition) is 1. The summed E-state index contributed by atoms with van der Waals surface area (Å²) in [5.74, 6) is 0. The van der Waals surface area contributed by atoms with Crippen LogP contribution in [0.2, 0.25) is 0 Å². The van der Waals surface area contributed by atoms with E-state index in [0.29, 0.717) is 0 Å². The van der Waals surface area contributed by atoms with Gasteiger partial charge in [0.25, 0.3) is 0 Å². The Morgan fingerprint density at radius 3 is 0.795 bits per heavy atom. The monoisotopic (exact) mass is 925 g/mol. The number of nitrogens with zero attached hydrogens (tertiary/aromatic N) is 1. The zero-order valence-corrected chi connectivity index (χ0v) is 40.1. The molecule has 0 unspecified atom stereocenters. The van der Waals surface area contributed by atoms with Crippen LogP contribution in [0.1, 0.15) is 0 Å². The molecular formula is C72H47N. The van der Waals surface area contributed by atoms with Crippen LogP contribution in [0.3, 0.4) is 0 Å². The highest BCUT2D eigenvalue weighted by Crippen LogP contribution is 2.46. The Morgan fingerprint density at radius 2 is 0.397 bits per heavy atom. The van der Waals surface area contributed by atoms with Gasteiger partial charge in [0.2, 0.25) is 0 Å². The van der Waals surface area contributed by atoms with Gasteiger partial charge in [0.1, 0.15) is 0 Å². The maximum atomic E-state index is 2.48. The first-order chi connectivity index (χ1) is 36.2. The molecule has 0 N–H and O–H groups in total. The van der Waals surface area contributed by atoms with Gasteiger partial charge < -0.3 is 4.90 Å². The summed E-state index contributed by atoms with van der Waals surface area (Å²) in [5, 5.41) is 15.0. The van der Waals surface area contributed by atoms with Gasteiger partial charge in [-0.1, -0.05) is 212 Å². The first-order valence-corrected chi connectivity index (χ1v) is 25.2. The second-order valence-electron chi connectivity index (χ2n) is 19.2. The van der Waals surface area contributed by atoms with Crippen LogP contribution >= 0.6 is 0 Å². The molecule has 0 heterocycles. The second-order valence-corrected chi connectivity index (χ2v) is 19.2. The molecule has 0 fully saturated rings. The van der Waals surface area contributed by atoms with Gasteiger partial charge in [-0.05, 0) is 193 Å². The standard InChI is InChI=1S/C72H47N/c1-5-17-48(18-6-1)52-29-34-58(35-30-52)73(59-36-31-53(32-37-59)49-19-7-2-8-20-49)60-38-40-66-68(45-60)62-26-14-16-28-64(62)70-46-71-65-39-33-54(44-67(65)61-25-13-15-27-63(61)69(71)47-72(66)70)57-42-55(50-21-9-3-10-22-50)41-56(43-57)51-23-11-4-12-24-51/h1-47H. The Labute approximate surface area is 425 Å². The van der Waals surface area contributed by atoms with Crippen molar-refractivity contribution in [2.45, 2.75) is 0 Å². The van der Waals surface area contributed by atoms with Crippen LogP contribution in [0.5, 0.6) is 0 Å². The van der Waals surface area contributed by atoms with Gasteiger partial charge >= 0.3 is 0 Å². The van der Waals surface area contributed by atoms with Crippen molar-refractivity contribution in [3.05, 3.63) is 285 Å². The molecule has 0 atom stereocenters. The van der Waals surface area contributed by atoms with Gasteiger partial charge in [0.15, 0.2) is 0 Å². The molecule has 0 spiro atoms. The van der Waals surface area contributed by atoms with Gasteiger partial charge in [-0.3, -0.25) is 0 Å². The molecule has 0 aliphatic rings. The minimum absolute atomic E-state index is 1.10. The molecule has 0 saturated heterocycles. The second kappa shape index (κ2) is 17.7. The zero-order valence-electron chi connectivity index (χ0n) is 40.1. The highest BCUT2D eigenvalue weighted by Gasteiger charge is 2.19. The van der Waals surface area contributed by atoms with E-state index in [2.05, 4.69) is 290 Å². The van der Waals surface area contributed by atoms with Crippen molar-refractivity contribution in [1.82, 2.24) is 0 Å². The summed E-state index contributed by atoms with van der Waals surface area (Å²) in [7, 11) is 0. The molecule has 1 nitrogen and oxygen atoms in total. The van der Waals surface area contributed by atoms with Crippen LogP contribution in [-0.2, 0) is 0 Å². The summed E-state index contributed by atoms with van der Waals surface area (Å²) >= 11 is 0. The average molecular weight is 926 g/mol. The Hall–Kier alpha value is -9.56. The maximum absolute atomic E-state index is 2.48. The molecule has 0 aliphatic heterocycles. The highest BCUT2D eigenvalue weighted by atomic mass is 15.1. The topological polar surface area (TPSA) is 3.24 Å². The molecule has 14 aromatic rings. The molecule has 73 heavy (non-hydrogen) atoms. The highest BCUT2D eigenvalue weighted by molar-refractivity contribution is 6.33. The predicted octanol–water partition coefficient (Wildman–Crippen LogP) is 20.4. The summed E-state index contributed by atoms with van der Waals surface area (Å²) in [6.07, 6.45) is 0. The molecule has 0 radical (unpaired) electrons. The van der Waals surface area contributed by atoms with Crippen molar-refractivity contribution < 1.29 is 0 Å². The SMILES string of the molecule is c1ccc(-c2ccc(N(c3ccc(-c4ccccc4)cc3)c3ccc4c(c3)c3ccccc3c3cc5c6ccc(-c7cc(-c8ccccc8)cc(-c8ccccc8)c7)cc6c6ccccc6c5cc43)cc2)cc1. The van der Waals surface area contributed by atoms with Crippen LogP contribution in [0.25, 0.3) is 120 Å². The van der Waals surface area contributed by atoms with E-state index in [9.17, 15) is 0 Å². The number of hydrogen-bond donors (Lipinski definition) is 0. The zero-order chi connectivity index (χ0) is 48.2. The van der Waals surface area contributed by atoms with E-state index in [0.717, 1.165) is 17.1 Å². The van der Waals surface area contributed by atoms with E-state index >= 15 is 0 Å². The molecule has 340 valence electrons. The number of anilines is 3. The Balaban J connectivity index is 0.948. The van der Waals surface area contributed by atoms with E-state index in [1.165, 1.54) is 120 Å². The molecule has 14 rings (SSSR count). The minimum atomic E-state index is 1.10. The smallest absolute Gasteiger partial charge is 0.0468 e. The lowest BCUT2D eigenvalue weighted by molar-refractivity contribution is 1.29. The molecular weight excluding hydrogens is 879 g/mol. The Kier molecular flexibility index (Phi) is 10.3. The van der Waals surface area contributed by atoms with Gasteiger partial charge in [-0.25, -0.2) is 0 Å². The summed E-state index contributed by atoms with van der Waals surface area (Å²) in [6.45, 7) is 0. The van der Waals surface area contributed by atoms with Crippen molar-refractivity contribution in [1.29, 1.82) is 0 Å². The summed E-state index contributed by atoms with van der Waals surface area (Å²) < 4.78 is 0. The van der Waals surface area contributed by atoms with Crippen molar-refractivity contribution >= 4 is 81.7 Å². The fourth-order valence-corrected chi connectivity index (χ4v) is 11.4. The quantitative estimate of drug-likeness (QED) is 0.108. The molecule has 0 aromatic heterocycles. The first-order valence-electron chi connectivity index (χ1n) is 25.2. The van der Waals surface area contributed by atoms with Crippen molar-refractivity contribution in [3.8, 4) is 55.6 Å². The van der Waals surface area contributed by atoms with Gasteiger partial charge in [0, 0.05) is 17.1 Å². The molecule has 14 aromatic carbocycles. The lowest BCUT2D eigenvalue weighted by atomic mass is 9.87. The van der Waals surface area contributed by atoms with Gasteiger partial charge in [-0.15, -0.1) is 0 Å². The van der Waals surface area contributed by atoms with E-state index in [1.807, 2.05) is 0 Å². The van der Waals surface area contributed by atoms with Crippen molar-refractivity contribution in [2.24, 2.45) is 0 Å². The molecule has 0 amide bonds. The number of benzene rings is 14. The van der Waals surface area contributed by atoms with Crippen LogP contribution in [-0.4, -0.2) is 0 Å². The lowest BCUT2D eigenvalue weighted by Gasteiger charge is -2.27. The third-order valence-electron chi connectivity index (χ3n) is 15.0. The van der Waals surface area contributed by atoms with Crippen LogP contribution < -0.4 is 4.90 Å². The normalized spacial score (nSPS) is 11.6. The average Bonchev–Trinajstić information content (AvgIpc) is 3.48. The molecule has 0 saturated carbocycles. The number of rotatable bonds is 8. The van der Waals surface area contributed by atoms with E-state index in [4.69, 9.17) is 0 Å². The first kappa shape index (κ1) is 42.3. The third kappa shape index (κ3) is 7.50. The van der Waals surface area contributed by atoms with Crippen molar-refractivity contribution in [3.63, 3.8) is 0 Å².